The first-order valence-electron chi connectivity index (χ1n) is 11.9. The van der Waals surface area contributed by atoms with Crippen molar-refractivity contribution in [2.75, 3.05) is 13.1 Å². The Morgan fingerprint density at radius 1 is 1.10 bits per heavy atom. The molecule has 0 spiro atoms. The molecule has 8 nitrogen and oxygen atoms in total. The van der Waals surface area contributed by atoms with Gasteiger partial charge in [0.15, 0.2) is 0 Å². The molecule has 1 heterocycles. The van der Waals surface area contributed by atoms with E-state index in [1.54, 1.807) is 11.8 Å². The molecule has 174 valence electrons. The number of nitrogens with zero attached hydrogens (tertiary/aromatic N) is 1. The molecule has 0 aromatic heterocycles. The van der Waals surface area contributed by atoms with Crippen LogP contribution in [0.2, 0.25) is 0 Å². The molecule has 0 unspecified atom stereocenters. The molecular formula is C23H38N4O4. The summed E-state index contributed by atoms with van der Waals surface area (Å²) in [4.78, 5) is 53.1. The first kappa shape index (κ1) is 23.7. The third-order valence-electron chi connectivity index (χ3n) is 7.74. The van der Waals surface area contributed by atoms with Crippen LogP contribution < -0.4 is 16.4 Å². The molecule has 0 aromatic carbocycles. The minimum atomic E-state index is -1.14. The number of ketones is 1. The Morgan fingerprint density at radius 3 is 2.35 bits per heavy atom. The van der Waals surface area contributed by atoms with Gasteiger partial charge in [0.1, 0.15) is 11.6 Å². The minimum Gasteiger partial charge on any atom is -0.350 e. The second-order valence-corrected chi connectivity index (χ2v) is 9.84. The van der Waals surface area contributed by atoms with Crippen LogP contribution in [0.25, 0.3) is 0 Å². The van der Waals surface area contributed by atoms with Gasteiger partial charge in [0, 0.05) is 13.1 Å². The van der Waals surface area contributed by atoms with Crippen LogP contribution in [0.5, 0.6) is 0 Å². The average Bonchev–Trinajstić information content (AvgIpc) is 3.24. The molecule has 8 heteroatoms. The van der Waals surface area contributed by atoms with E-state index in [0.29, 0.717) is 32.4 Å². The maximum Gasteiger partial charge on any atom is 0.289 e. The molecule has 4 atom stereocenters. The lowest BCUT2D eigenvalue weighted by Gasteiger charge is -2.40. The van der Waals surface area contributed by atoms with E-state index in [9.17, 15) is 19.2 Å². The maximum absolute atomic E-state index is 13.3. The third kappa shape index (κ3) is 4.49. The quantitative estimate of drug-likeness (QED) is 0.497. The van der Waals surface area contributed by atoms with E-state index in [4.69, 9.17) is 5.73 Å². The summed E-state index contributed by atoms with van der Waals surface area (Å²) in [6, 6.07) is -1.26. The minimum absolute atomic E-state index is 0.0551. The van der Waals surface area contributed by atoms with Crippen molar-refractivity contribution in [1.82, 2.24) is 15.5 Å². The van der Waals surface area contributed by atoms with Crippen molar-refractivity contribution in [3.8, 4) is 0 Å². The second kappa shape index (κ2) is 9.27. The molecule has 0 bridgehead atoms. The van der Waals surface area contributed by atoms with Gasteiger partial charge in [0.2, 0.25) is 17.6 Å². The summed E-state index contributed by atoms with van der Waals surface area (Å²) in [7, 11) is 0. The largest absolute Gasteiger partial charge is 0.350 e. The lowest BCUT2D eigenvalue weighted by molar-refractivity contribution is -0.144. The zero-order valence-electron chi connectivity index (χ0n) is 19.2. The van der Waals surface area contributed by atoms with Crippen molar-refractivity contribution in [1.29, 1.82) is 0 Å². The molecular weight excluding hydrogens is 396 g/mol. The molecule has 0 aromatic rings. The fourth-order valence-corrected chi connectivity index (χ4v) is 5.51. The Morgan fingerprint density at radius 2 is 1.77 bits per heavy atom. The first-order valence-corrected chi connectivity index (χ1v) is 11.9. The smallest absolute Gasteiger partial charge is 0.289 e. The molecule has 3 rings (SSSR count). The van der Waals surface area contributed by atoms with Gasteiger partial charge in [-0.1, -0.05) is 39.5 Å². The van der Waals surface area contributed by atoms with Crippen molar-refractivity contribution < 1.29 is 19.2 Å². The van der Waals surface area contributed by atoms with Crippen molar-refractivity contribution in [3.63, 3.8) is 0 Å². The van der Waals surface area contributed by atoms with Crippen LogP contribution in [-0.2, 0) is 19.2 Å². The molecule has 3 amide bonds. The van der Waals surface area contributed by atoms with E-state index in [0.717, 1.165) is 32.1 Å². The molecule has 2 saturated carbocycles. The number of nitrogens with one attached hydrogen (secondary N) is 2. The summed E-state index contributed by atoms with van der Waals surface area (Å²) in [6.07, 6.45) is 7.59. The van der Waals surface area contributed by atoms with Crippen LogP contribution in [0.15, 0.2) is 0 Å². The zero-order valence-corrected chi connectivity index (χ0v) is 19.2. The van der Waals surface area contributed by atoms with Gasteiger partial charge >= 0.3 is 0 Å². The van der Waals surface area contributed by atoms with Crippen LogP contribution in [0.4, 0.5) is 0 Å². The van der Waals surface area contributed by atoms with Gasteiger partial charge in [0.25, 0.3) is 5.91 Å². The van der Waals surface area contributed by atoms with Gasteiger partial charge in [-0.25, -0.2) is 0 Å². The maximum atomic E-state index is 13.3. The molecule has 2 aliphatic carbocycles. The number of carbonyl (C=O) groups is 4. The van der Waals surface area contributed by atoms with Gasteiger partial charge in [-0.2, -0.15) is 0 Å². The number of carbonyl (C=O) groups excluding carboxylic acids is 4. The number of nitrogens with two attached hydrogens (primary N) is 1. The van der Waals surface area contributed by atoms with E-state index < -0.39 is 29.3 Å². The number of rotatable bonds is 8. The lowest BCUT2D eigenvalue weighted by Crippen LogP contribution is -2.59. The SMILES string of the molecule is CCNC(=O)C(=O)[C@@]1(NC(=O)[C@@H]2CCCN2C(=O)[C@@H](N)C2(C)CCCCC2)C[C@@H]1CC. The summed E-state index contributed by atoms with van der Waals surface area (Å²) in [5, 5.41) is 5.42. The first-order chi connectivity index (χ1) is 14.7. The molecule has 3 fully saturated rings. The van der Waals surface area contributed by atoms with Gasteiger partial charge in [-0.3, -0.25) is 19.2 Å². The van der Waals surface area contributed by atoms with E-state index in [2.05, 4.69) is 17.6 Å². The highest BCUT2D eigenvalue weighted by molar-refractivity contribution is 6.41. The monoisotopic (exact) mass is 434 g/mol. The molecule has 0 radical (unpaired) electrons. The normalized spacial score (nSPS) is 30.4. The van der Waals surface area contributed by atoms with E-state index in [-0.39, 0.29) is 23.1 Å². The number of amides is 3. The Kier molecular flexibility index (Phi) is 7.08. The Balaban J connectivity index is 1.71. The van der Waals surface area contributed by atoms with Crippen molar-refractivity contribution in [2.24, 2.45) is 17.1 Å². The number of likely N-dealkylation sites (tertiary alicyclic amines) is 1. The Labute approximate surface area is 185 Å². The van der Waals surface area contributed by atoms with Crippen molar-refractivity contribution >= 4 is 23.5 Å². The molecule has 31 heavy (non-hydrogen) atoms. The highest BCUT2D eigenvalue weighted by Crippen LogP contribution is 2.47. The lowest BCUT2D eigenvalue weighted by atomic mass is 9.70. The van der Waals surface area contributed by atoms with Crippen LogP contribution in [0.3, 0.4) is 0 Å². The molecule has 3 aliphatic rings. The van der Waals surface area contributed by atoms with Gasteiger partial charge in [-0.05, 0) is 50.4 Å². The summed E-state index contributed by atoms with van der Waals surface area (Å²) in [5.74, 6) is -1.82. The van der Waals surface area contributed by atoms with Crippen molar-refractivity contribution in [2.45, 2.75) is 96.2 Å². The summed E-state index contributed by atoms with van der Waals surface area (Å²) < 4.78 is 0. The topological polar surface area (TPSA) is 122 Å². The van der Waals surface area contributed by atoms with E-state index >= 15 is 0 Å². The number of hydrogen-bond acceptors (Lipinski definition) is 5. The average molecular weight is 435 g/mol. The molecule has 4 N–H and O–H groups in total. The predicted molar refractivity (Wildman–Crippen MR) is 117 cm³/mol. The van der Waals surface area contributed by atoms with Crippen LogP contribution in [-0.4, -0.2) is 59.1 Å². The van der Waals surface area contributed by atoms with Crippen LogP contribution in [0.1, 0.15) is 78.6 Å². The molecule has 1 aliphatic heterocycles. The highest BCUT2D eigenvalue weighted by atomic mass is 16.2. The van der Waals surface area contributed by atoms with Crippen LogP contribution >= 0.6 is 0 Å². The third-order valence-corrected chi connectivity index (χ3v) is 7.74. The fraction of sp³-hybridized carbons (Fsp3) is 0.826. The summed E-state index contributed by atoms with van der Waals surface area (Å²) in [6.45, 7) is 6.62. The van der Waals surface area contributed by atoms with Gasteiger partial charge in [0.05, 0.1) is 6.04 Å². The van der Waals surface area contributed by atoms with Crippen molar-refractivity contribution in [3.05, 3.63) is 0 Å². The van der Waals surface area contributed by atoms with Gasteiger partial charge in [-0.15, -0.1) is 0 Å². The number of likely N-dealkylation sites (N-methyl/N-ethyl adjacent to an activating group) is 1. The Bertz CT molecular complexity index is 733. The summed E-state index contributed by atoms with van der Waals surface area (Å²) >= 11 is 0. The van der Waals surface area contributed by atoms with Gasteiger partial charge < -0.3 is 21.3 Å². The Hall–Kier alpha value is -1.96. The molecule has 1 saturated heterocycles. The number of hydrogen-bond donors (Lipinski definition) is 3. The zero-order chi connectivity index (χ0) is 22.8. The standard InChI is InChI=1S/C23H38N4O4/c1-4-15-14-23(15,18(28)20(30)25-5-2)26-19(29)16-10-9-13-27(16)21(31)17(24)22(3)11-7-6-8-12-22/h15-17H,4-14,24H2,1-3H3,(H,25,30)(H,26,29)/t15-,16-,17+,23+/m0/s1. The van der Waals surface area contributed by atoms with E-state index in [1.165, 1.54) is 6.42 Å². The highest BCUT2D eigenvalue weighted by Gasteiger charge is 2.62. The van der Waals surface area contributed by atoms with E-state index in [1.807, 2.05) is 6.92 Å². The second-order valence-electron chi connectivity index (χ2n) is 9.84. The number of Topliss-reactive ketones (excluding diaryl/α,β-unsaturated/α-hetero) is 1. The summed E-state index contributed by atoms with van der Waals surface area (Å²) in [5.41, 5.74) is 5.07. The fourth-order valence-electron chi connectivity index (χ4n) is 5.51. The van der Waals surface area contributed by atoms with Crippen LogP contribution in [0, 0.1) is 11.3 Å². The predicted octanol–water partition coefficient (Wildman–Crippen LogP) is 1.27.